The monoisotopic (exact) mass is 281 g/mol. The molecule has 0 radical (unpaired) electrons. The molecule has 2 rings (SSSR count). The fourth-order valence-electron chi connectivity index (χ4n) is 2.18. The van der Waals surface area contributed by atoms with E-state index in [0.717, 1.165) is 6.42 Å². The lowest BCUT2D eigenvalue weighted by molar-refractivity contribution is -0.159. The third-order valence-corrected chi connectivity index (χ3v) is 3.64. The first-order valence-electron chi connectivity index (χ1n) is 6.44. The minimum absolute atomic E-state index is 0.0744. The van der Waals surface area contributed by atoms with E-state index in [1.54, 1.807) is 11.0 Å². The molecule has 0 spiro atoms. The quantitative estimate of drug-likeness (QED) is 0.783. The van der Waals surface area contributed by atoms with Gasteiger partial charge in [0.25, 0.3) is 5.91 Å². The smallest absolute Gasteiger partial charge is 0.329 e. The van der Waals surface area contributed by atoms with Crippen LogP contribution in [0, 0.1) is 0 Å². The van der Waals surface area contributed by atoms with Gasteiger partial charge in [0.15, 0.2) is 0 Å². The highest BCUT2D eigenvalue weighted by molar-refractivity contribution is 7.08. The van der Waals surface area contributed by atoms with E-state index in [0.29, 0.717) is 18.5 Å². The Bertz CT molecular complexity index is 462. The van der Waals surface area contributed by atoms with Crippen molar-refractivity contribution in [2.75, 3.05) is 6.54 Å². The Morgan fingerprint density at radius 1 is 1.42 bits per heavy atom. The SMILES string of the molecule is CC(C)(C)OC(=O)[C@@H]1CCCN1C(=O)c1ccsc1. The maximum Gasteiger partial charge on any atom is 0.329 e. The number of carbonyl (C=O) groups is 2. The van der Waals surface area contributed by atoms with Crippen LogP contribution < -0.4 is 0 Å². The number of ether oxygens (including phenoxy) is 1. The summed E-state index contributed by atoms with van der Waals surface area (Å²) in [6.45, 7) is 6.14. The van der Waals surface area contributed by atoms with Crippen molar-refractivity contribution in [1.29, 1.82) is 0 Å². The van der Waals surface area contributed by atoms with Gasteiger partial charge in [-0.25, -0.2) is 4.79 Å². The molecule has 0 saturated carbocycles. The second-order valence-corrected chi connectivity index (χ2v) is 6.48. The highest BCUT2D eigenvalue weighted by atomic mass is 32.1. The number of amides is 1. The van der Waals surface area contributed by atoms with Gasteiger partial charge in [0, 0.05) is 11.9 Å². The summed E-state index contributed by atoms with van der Waals surface area (Å²) in [5.74, 6) is -0.372. The predicted molar refractivity (Wildman–Crippen MR) is 74.2 cm³/mol. The van der Waals surface area contributed by atoms with Crippen molar-refractivity contribution in [1.82, 2.24) is 4.90 Å². The average Bonchev–Trinajstić information content (AvgIpc) is 2.97. The Balaban J connectivity index is 2.09. The number of nitrogens with zero attached hydrogens (tertiary/aromatic N) is 1. The zero-order chi connectivity index (χ0) is 14.0. The van der Waals surface area contributed by atoms with E-state index in [1.807, 2.05) is 31.5 Å². The fourth-order valence-corrected chi connectivity index (χ4v) is 2.81. The maximum atomic E-state index is 12.3. The average molecular weight is 281 g/mol. The van der Waals surface area contributed by atoms with Crippen molar-refractivity contribution in [2.24, 2.45) is 0 Å². The summed E-state index contributed by atoms with van der Waals surface area (Å²) < 4.78 is 5.39. The molecule has 0 bridgehead atoms. The van der Waals surface area contributed by atoms with E-state index in [-0.39, 0.29) is 11.9 Å². The Labute approximate surface area is 117 Å². The van der Waals surface area contributed by atoms with E-state index in [2.05, 4.69) is 0 Å². The van der Waals surface area contributed by atoms with Gasteiger partial charge in [-0.3, -0.25) is 4.79 Å². The molecular weight excluding hydrogens is 262 g/mol. The van der Waals surface area contributed by atoms with E-state index in [9.17, 15) is 9.59 Å². The number of thiophene rings is 1. The molecule has 0 aromatic carbocycles. The molecule has 1 atom stereocenters. The molecular formula is C14H19NO3S. The van der Waals surface area contributed by atoms with Gasteiger partial charge in [0.2, 0.25) is 0 Å². The number of hydrogen-bond acceptors (Lipinski definition) is 4. The third kappa shape index (κ3) is 3.35. The topological polar surface area (TPSA) is 46.6 Å². The lowest BCUT2D eigenvalue weighted by Crippen LogP contribution is -2.43. The number of carbonyl (C=O) groups excluding carboxylic acids is 2. The lowest BCUT2D eigenvalue weighted by atomic mass is 10.1. The zero-order valence-electron chi connectivity index (χ0n) is 11.5. The van der Waals surface area contributed by atoms with Crippen LogP contribution in [0.3, 0.4) is 0 Å². The molecule has 1 aromatic heterocycles. The molecule has 104 valence electrons. The minimum Gasteiger partial charge on any atom is -0.458 e. The van der Waals surface area contributed by atoms with Crippen LogP contribution >= 0.6 is 11.3 Å². The normalized spacial score (nSPS) is 19.5. The van der Waals surface area contributed by atoms with Crippen LogP contribution in [0.25, 0.3) is 0 Å². The highest BCUT2D eigenvalue weighted by Gasteiger charge is 2.37. The number of esters is 1. The molecule has 1 aliphatic heterocycles. The second kappa shape index (κ2) is 5.33. The molecule has 1 saturated heterocycles. The summed E-state index contributed by atoms with van der Waals surface area (Å²) in [5.41, 5.74) is 0.136. The molecule has 1 aliphatic rings. The second-order valence-electron chi connectivity index (χ2n) is 5.70. The maximum absolute atomic E-state index is 12.3. The molecule has 0 N–H and O–H groups in total. The largest absolute Gasteiger partial charge is 0.458 e. The van der Waals surface area contributed by atoms with Crippen LogP contribution in [0.2, 0.25) is 0 Å². The van der Waals surface area contributed by atoms with Crippen LogP contribution in [0.4, 0.5) is 0 Å². The van der Waals surface area contributed by atoms with E-state index >= 15 is 0 Å². The van der Waals surface area contributed by atoms with Crippen LogP contribution in [0.5, 0.6) is 0 Å². The molecule has 0 unspecified atom stereocenters. The predicted octanol–water partition coefficient (Wildman–Crippen LogP) is 2.69. The van der Waals surface area contributed by atoms with E-state index in [4.69, 9.17) is 4.74 Å². The molecule has 1 amide bonds. The first-order chi connectivity index (χ1) is 8.88. The first kappa shape index (κ1) is 14.1. The van der Waals surface area contributed by atoms with Gasteiger partial charge in [-0.05, 0) is 45.1 Å². The van der Waals surface area contributed by atoms with Crippen molar-refractivity contribution < 1.29 is 14.3 Å². The van der Waals surface area contributed by atoms with Gasteiger partial charge in [-0.15, -0.1) is 0 Å². The highest BCUT2D eigenvalue weighted by Crippen LogP contribution is 2.23. The Morgan fingerprint density at radius 2 is 2.16 bits per heavy atom. The van der Waals surface area contributed by atoms with Crippen LogP contribution in [-0.2, 0) is 9.53 Å². The molecule has 2 heterocycles. The zero-order valence-corrected chi connectivity index (χ0v) is 12.3. The van der Waals surface area contributed by atoms with Gasteiger partial charge < -0.3 is 9.64 Å². The fraction of sp³-hybridized carbons (Fsp3) is 0.571. The van der Waals surface area contributed by atoms with Gasteiger partial charge in [0.1, 0.15) is 11.6 Å². The minimum atomic E-state index is -0.517. The lowest BCUT2D eigenvalue weighted by Gasteiger charge is -2.27. The van der Waals surface area contributed by atoms with Gasteiger partial charge in [-0.2, -0.15) is 11.3 Å². The van der Waals surface area contributed by atoms with Gasteiger partial charge in [0.05, 0.1) is 5.56 Å². The Hall–Kier alpha value is -1.36. The van der Waals surface area contributed by atoms with Gasteiger partial charge in [-0.1, -0.05) is 0 Å². The number of hydrogen-bond donors (Lipinski definition) is 0. The molecule has 1 aromatic rings. The summed E-state index contributed by atoms with van der Waals surface area (Å²) in [5, 5.41) is 3.68. The van der Waals surface area contributed by atoms with Crippen molar-refractivity contribution in [3.8, 4) is 0 Å². The standard InChI is InChI=1S/C14H19NO3S/c1-14(2,3)18-13(17)11-5-4-7-15(11)12(16)10-6-8-19-9-10/h6,8-9,11H,4-5,7H2,1-3H3/t11-/m0/s1. The van der Waals surface area contributed by atoms with Crippen LogP contribution in [-0.4, -0.2) is 35.0 Å². The summed E-state index contributed by atoms with van der Waals surface area (Å²) >= 11 is 1.48. The molecule has 5 heteroatoms. The van der Waals surface area contributed by atoms with Crippen LogP contribution in [0.15, 0.2) is 16.8 Å². The van der Waals surface area contributed by atoms with Crippen molar-refractivity contribution in [3.05, 3.63) is 22.4 Å². The van der Waals surface area contributed by atoms with Crippen molar-refractivity contribution >= 4 is 23.2 Å². The molecule has 4 nitrogen and oxygen atoms in total. The molecule has 1 fully saturated rings. The number of likely N-dealkylation sites (tertiary alicyclic amines) is 1. The summed E-state index contributed by atoms with van der Waals surface area (Å²) in [6.07, 6.45) is 1.53. The molecule has 19 heavy (non-hydrogen) atoms. The summed E-state index contributed by atoms with van der Waals surface area (Å²) in [7, 11) is 0. The molecule has 0 aliphatic carbocycles. The van der Waals surface area contributed by atoms with E-state index < -0.39 is 11.6 Å². The van der Waals surface area contributed by atoms with Crippen molar-refractivity contribution in [3.63, 3.8) is 0 Å². The third-order valence-electron chi connectivity index (χ3n) is 2.96. The summed E-state index contributed by atoms with van der Waals surface area (Å²) in [6, 6.07) is 1.35. The van der Waals surface area contributed by atoms with E-state index in [1.165, 1.54) is 11.3 Å². The Kier molecular flexibility index (Phi) is 3.94. The number of rotatable bonds is 2. The summed E-state index contributed by atoms with van der Waals surface area (Å²) in [4.78, 5) is 26.1. The first-order valence-corrected chi connectivity index (χ1v) is 7.39. The Morgan fingerprint density at radius 3 is 2.74 bits per heavy atom. The van der Waals surface area contributed by atoms with Crippen LogP contribution in [0.1, 0.15) is 44.0 Å². The van der Waals surface area contributed by atoms with Crippen molar-refractivity contribution in [2.45, 2.75) is 45.3 Å². The van der Waals surface area contributed by atoms with Gasteiger partial charge >= 0.3 is 5.97 Å².